The molecule has 1 spiro atoms. The molecule has 1 amide bonds. The standard InChI is InChI=1S/C44H63N5O10/c1-22-15-36-39(24(3)44(59-36)14-12-32-33-10-9-29-16-31(54)11-13-43(29,8)35(33)17-34(32)23(44)2)48(18-22)19-30-20-49(47-46-30)42-38(45-25(4)50)41(57-28(7)53)40(56-27(6)52)37(58-42)21-55-26(5)51/h9,20,22,24,31-33,35-42,54H,10-19,21H2,1-8H3,(H,45,50)/t22-,24+,31-,32-,33-,35-,36+,37?,38-,39-,40+,41?,42+,43-,44-/m0/s1. The van der Waals surface area contributed by atoms with Crippen LogP contribution < -0.4 is 5.32 Å². The van der Waals surface area contributed by atoms with Gasteiger partial charge in [0.15, 0.2) is 18.4 Å². The van der Waals surface area contributed by atoms with Gasteiger partial charge in [-0.05, 0) is 93.0 Å². The Morgan fingerprint density at radius 1 is 1.02 bits per heavy atom. The molecule has 0 bridgehead atoms. The summed E-state index contributed by atoms with van der Waals surface area (Å²) < 4.78 is 31.9. The number of nitrogens with zero attached hydrogens (tertiary/aromatic N) is 4. The normalized spacial score (nSPS) is 41.6. The molecule has 59 heavy (non-hydrogen) atoms. The van der Waals surface area contributed by atoms with Gasteiger partial charge in [-0.15, -0.1) is 5.10 Å². The number of fused-ring (bicyclic) bond motifs is 6. The number of hydrogen-bond acceptors (Lipinski definition) is 13. The molecule has 2 unspecified atom stereocenters. The summed E-state index contributed by atoms with van der Waals surface area (Å²) in [6.45, 7) is 15.6. The summed E-state index contributed by atoms with van der Waals surface area (Å²) in [5.74, 6) is 0.178. The molecule has 4 aliphatic carbocycles. The summed E-state index contributed by atoms with van der Waals surface area (Å²) in [4.78, 5) is 51.6. The number of rotatable bonds is 8. The van der Waals surface area contributed by atoms with E-state index in [-0.39, 0.29) is 41.8 Å². The lowest BCUT2D eigenvalue weighted by atomic mass is 9.56. The van der Waals surface area contributed by atoms with E-state index in [1.807, 2.05) is 0 Å². The average molecular weight is 822 g/mol. The third-order valence-electron chi connectivity index (χ3n) is 15.4. The van der Waals surface area contributed by atoms with E-state index >= 15 is 0 Å². The Bertz CT molecular complexity index is 1900. The quantitative estimate of drug-likeness (QED) is 0.215. The second-order valence-corrected chi connectivity index (χ2v) is 19.1. The van der Waals surface area contributed by atoms with Crippen molar-refractivity contribution in [3.63, 3.8) is 0 Å². The van der Waals surface area contributed by atoms with Crippen LogP contribution in [0.25, 0.3) is 0 Å². The molecule has 2 N–H and O–H groups in total. The summed E-state index contributed by atoms with van der Waals surface area (Å²) in [6.07, 6.45) is 7.79. The number of hydrogen-bond donors (Lipinski definition) is 2. The Balaban J connectivity index is 1.05. The van der Waals surface area contributed by atoms with E-state index < -0.39 is 54.4 Å². The number of amides is 1. The number of esters is 3. The van der Waals surface area contributed by atoms with Crippen LogP contribution in [-0.4, -0.2) is 110 Å². The second kappa shape index (κ2) is 16.0. The van der Waals surface area contributed by atoms with E-state index in [1.54, 1.807) is 11.8 Å². The molecule has 15 nitrogen and oxygen atoms in total. The van der Waals surface area contributed by atoms with Crippen molar-refractivity contribution in [2.45, 2.75) is 168 Å². The molecule has 7 aliphatic rings. The molecule has 2 saturated carbocycles. The van der Waals surface area contributed by atoms with Crippen LogP contribution in [0.3, 0.4) is 0 Å². The monoisotopic (exact) mass is 821 g/mol. The van der Waals surface area contributed by atoms with Gasteiger partial charge in [0, 0.05) is 52.7 Å². The minimum atomic E-state index is -1.20. The van der Waals surface area contributed by atoms with Crippen LogP contribution in [0.1, 0.15) is 119 Å². The average Bonchev–Trinajstić information content (AvgIpc) is 3.86. The first-order valence-corrected chi connectivity index (χ1v) is 21.8. The fourth-order valence-electron chi connectivity index (χ4n) is 12.9. The highest BCUT2D eigenvalue weighted by atomic mass is 16.6. The number of allylic oxidation sites excluding steroid dienone is 2. The maximum Gasteiger partial charge on any atom is 0.303 e. The molecule has 8 rings (SSSR count). The molecule has 1 aromatic rings. The molecule has 5 fully saturated rings. The molecule has 15 heteroatoms. The highest BCUT2D eigenvalue weighted by Crippen LogP contribution is 2.65. The van der Waals surface area contributed by atoms with Crippen molar-refractivity contribution in [1.29, 1.82) is 0 Å². The lowest BCUT2D eigenvalue weighted by Gasteiger charge is -2.49. The van der Waals surface area contributed by atoms with Crippen LogP contribution in [0.15, 0.2) is 29.0 Å². The number of nitrogens with one attached hydrogen (secondary N) is 1. The zero-order chi connectivity index (χ0) is 42.1. The number of piperidine rings is 1. The smallest absolute Gasteiger partial charge is 0.303 e. The first-order chi connectivity index (χ1) is 28.0. The lowest BCUT2D eigenvalue weighted by molar-refractivity contribution is -0.239. The van der Waals surface area contributed by atoms with Gasteiger partial charge in [0.05, 0.1) is 29.7 Å². The van der Waals surface area contributed by atoms with Crippen molar-refractivity contribution in [3.8, 4) is 0 Å². The molecular weight excluding hydrogens is 759 g/mol. The predicted molar refractivity (Wildman–Crippen MR) is 212 cm³/mol. The number of aliphatic hydroxyl groups excluding tert-OH is 1. The minimum Gasteiger partial charge on any atom is -0.463 e. The van der Waals surface area contributed by atoms with E-state index in [4.69, 9.17) is 23.7 Å². The number of likely N-dealkylation sites (tertiary alicyclic amines) is 1. The van der Waals surface area contributed by atoms with Crippen molar-refractivity contribution in [3.05, 3.63) is 34.7 Å². The third-order valence-corrected chi connectivity index (χ3v) is 15.4. The largest absolute Gasteiger partial charge is 0.463 e. The fraction of sp³-hybridized carbons (Fsp3) is 0.773. The fourth-order valence-corrected chi connectivity index (χ4v) is 12.9. The number of aliphatic hydroxyl groups is 1. The zero-order valence-electron chi connectivity index (χ0n) is 35.8. The van der Waals surface area contributed by atoms with Crippen molar-refractivity contribution in [1.82, 2.24) is 25.2 Å². The van der Waals surface area contributed by atoms with Gasteiger partial charge in [-0.3, -0.25) is 24.1 Å². The van der Waals surface area contributed by atoms with Crippen molar-refractivity contribution < 1.29 is 48.0 Å². The van der Waals surface area contributed by atoms with Crippen molar-refractivity contribution in [2.24, 2.45) is 35.0 Å². The van der Waals surface area contributed by atoms with Gasteiger partial charge in [-0.1, -0.05) is 43.2 Å². The number of carbonyl (C=O) groups excluding carboxylic acids is 4. The highest BCUT2D eigenvalue weighted by Gasteiger charge is 2.62. The molecule has 0 aromatic carbocycles. The SMILES string of the molecule is CC(=O)N[C@H]1C(OC(C)=O)[C@H](OC(C)=O)C(COC(C)=O)O[C@H]1n1cc(CN2C[C@@H](C)C[C@H]3O[C@]4(CC[C@@H]5C(=C4C)C[C@H]4[C@H]5CC=C5C[C@@H](O)CC[C@@]54C)[C@H](C)[C@@H]32)nn1. The predicted octanol–water partition coefficient (Wildman–Crippen LogP) is 4.33. The van der Waals surface area contributed by atoms with Crippen molar-refractivity contribution in [2.75, 3.05) is 13.2 Å². The Kier molecular flexibility index (Phi) is 11.4. The number of ether oxygens (including phenoxy) is 5. The third kappa shape index (κ3) is 7.56. The minimum absolute atomic E-state index is 0.0701. The molecule has 3 aliphatic heterocycles. The van der Waals surface area contributed by atoms with Crippen LogP contribution in [0.4, 0.5) is 0 Å². The van der Waals surface area contributed by atoms with Gasteiger partial charge in [0.2, 0.25) is 5.91 Å². The molecule has 15 atom stereocenters. The van der Waals surface area contributed by atoms with Crippen LogP contribution in [-0.2, 0) is 49.4 Å². The van der Waals surface area contributed by atoms with Gasteiger partial charge in [-0.2, -0.15) is 0 Å². The van der Waals surface area contributed by atoms with E-state index in [2.05, 4.69) is 54.3 Å². The van der Waals surface area contributed by atoms with Gasteiger partial charge >= 0.3 is 17.9 Å². The molecule has 4 heterocycles. The zero-order valence-corrected chi connectivity index (χ0v) is 35.8. The van der Waals surface area contributed by atoms with Gasteiger partial charge in [0.25, 0.3) is 0 Å². The maximum absolute atomic E-state index is 12.6. The van der Waals surface area contributed by atoms with Gasteiger partial charge < -0.3 is 34.1 Å². The van der Waals surface area contributed by atoms with Gasteiger partial charge in [-0.25, -0.2) is 4.68 Å². The summed E-state index contributed by atoms with van der Waals surface area (Å²) in [5, 5.41) is 22.4. The van der Waals surface area contributed by atoms with E-state index in [0.29, 0.717) is 35.9 Å². The summed E-state index contributed by atoms with van der Waals surface area (Å²) in [6, 6.07) is -0.867. The Labute approximate surface area is 346 Å². The van der Waals surface area contributed by atoms with Gasteiger partial charge in [0.1, 0.15) is 18.8 Å². The number of aromatic nitrogens is 3. The lowest BCUT2D eigenvalue weighted by Crippen LogP contribution is -2.64. The van der Waals surface area contributed by atoms with Crippen LogP contribution >= 0.6 is 0 Å². The summed E-state index contributed by atoms with van der Waals surface area (Å²) in [5.41, 5.74) is 5.11. The second-order valence-electron chi connectivity index (χ2n) is 19.1. The first-order valence-electron chi connectivity index (χ1n) is 21.8. The molecule has 3 saturated heterocycles. The first kappa shape index (κ1) is 42.0. The molecule has 324 valence electrons. The molecule has 0 radical (unpaired) electrons. The van der Waals surface area contributed by atoms with E-state index in [0.717, 1.165) is 57.9 Å². The molecular formula is C44H63N5O10. The topological polar surface area (TPSA) is 181 Å². The Hall–Kier alpha value is -3.66. The van der Waals surface area contributed by atoms with E-state index in [1.165, 1.54) is 43.5 Å². The maximum atomic E-state index is 12.6. The highest BCUT2D eigenvalue weighted by molar-refractivity contribution is 5.73. The van der Waals surface area contributed by atoms with Crippen molar-refractivity contribution >= 4 is 23.8 Å². The van der Waals surface area contributed by atoms with Crippen LogP contribution in [0.5, 0.6) is 0 Å². The van der Waals surface area contributed by atoms with Crippen LogP contribution in [0, 0.1) is 35.0 Å². The van der Waals surface area contributed by atoms with Crippen LogP contribution in [0.2, 0.25) is 0 Å². The number of carbonyl (C=O) groups is 4. The molecule has 1 aromatic heterocycles. The Morgan fingerprint density at radius 3 is 2.47 bits per heavy atom. The van der Waals surface area contributed by atoms with E-state index in [9.17, 15) is 24.3 Å². The Morgan fingerprint density at radius 2 is 1.76 bits per heavy atom. The summed E-state index contributed by atoms with van der Waals surface area (Å²) >= 11 is 0. The summed E-state index contributed by atoms with van der Waals surface area (Å²) in [7, 11) is 0.